The number of halogens is 1. The summed E-state index contributed by atoms with van der Waals surface area (Å²) in [6.45, 7) is 11.3. The number of esters is 1. The van der Waals surface area contributed by atoms with Gasteiger partial charge in [-0.05, 0) is 86.1 Å². The lowest BCUT2D eigenvalue weighted by Crippen LogP contribution is -2.41. The molecule has 0 spiro atoms. The molecule has 1 aliphatic rings. The Balaban J connectivity index is 1.61. The van der Waals surface area contributed by atoms with Crippen molar-refractivity contribution in [3.05, 3.63) is 35.1 Å². The molecule has 210 valence electrons. The van der Waals surface area contributed by atoms with Crippen molar-refractivity contribution in [2.45, 2.75) is 122 Å². The first-order valence-corrected chi connectivity index (χ1v) is 14.1. The third kappa shape index (κ3) is 9.29. The number of nitrogens with zero attached hydrogens (tertiary/aromatic N) is 3. The number of unbranched alkanes of at least 4 members (excludes halogenated alkanes) is 3. The SMILES string of the molecule is CC(C)(C)OC(=O)CCCCC/C=C/c1cnc(Cl)c2cnc([C@@H]3CCC[C@@H](NC(=O)OC(C)(C)C)C3)n12. The van der Waals surface area contributed by atoms with E-state index >= 15 is 0 Å². The molecule has 38 heavy (non-hydrogen) atoms. The summed E-state index contributed by atoms with van der Waals surface area (Å²) in [7, 11) is 0. The van der Waals surface area contributed by atoms with E-state index in [0.29, 0.717) is 11.6 Å². The molecule has 1 N–H and O–H groups in total. The maximum Gasteiger partial charge on any atom is 0.407 e. The Labute approximate surface area is 231 Å². The summed E-state index contributed by atoms with van der Waals surface area (Å²) in [5.41, 5.74) is 0.744. The lowest BCUT2D eigenvalue weighted by atomic mass is 9.85. The van der Waals surface area contributed by atoms with Gasteiger partial charge in [0.2, 0.25) is 0 Å². The molecule has 9 heteroatoms. The van der Waals surface area contributed by atoms with Crippen LogP contribution in [0.3, 0.4) is 0 Å². The molecule has 0 radical (unpaired) electrons. The molecule has 2 aromatic rings. The molecular formula is C29H43ClN4O4. The zero-order valence-corrected chi connectivity index (χ0v) is 24.4. The van der Waals surface area contributed by atoms with Gasteiger partial charge in [0.1, 0.15) is 22.5 Å². The van der Waals surface area contributed by atoms with Crippen molar-refractivity contribution in [1.82, 2.24) is 19.7 Å². The molecular weight excluding hydrogens is 504 g/mol. The topological polar surface area (TPSA) is 94.8 Å². The lowest BCUT2D eigenvalue weighted by molar-refractivity contribution is -0.154. The second-order valence-electron chi connectivity index (χ2n) is 12.1. The van der Waals surface area contributed by atoms with Crippen LogP contribution in [0.5, 0.6) is 0 Å². The number of allylic oxidation sites excluding steroid dienone is 1. The Morgan fingerprint density at radius 1 is 1.05 bits per heavy atom. The highest BCUT2D eigenvalue weighted by molar-refractivity contribution is 6.32. The minimum Gasteiger partial charge on any atom is -0.460 e. The van der Waals surface area contributed by atoms with Gasteiger partial charge in [0, 0.05) is 18.4 Å². The second kappa shape index (κ2) is 13.0. The first kappa shape index (κ1) is 29.9. The van der Waals surface area contributed by atoms with E-state index in [2.05, 4.69) is 26.9 Å². The molecule has 0 bridgehead atoms. The van der Waals surface area contributed by atoms with Crippen LogP contribution >= 0.6 is 11.6 Å². The zero-order chi connectivity index (χ0) is 27.9. The minimum absolute atomic E-state index is 0.0351. The van der Waals surface area contributed by atoms with E-state index in [4.69, 9.17) is 26.1 Å². The third-order valence-corrected chi connectivity index (χ3v) is 6.58. The third-order valence-electron chi connectivity index (χ3n) is 6.29. The number of ether oxygens (including phenoxy) is 2. The van der Waals surface area contributed by atoms with Gasteiger partial charge < -0.3 is 14.8 Å². The molecule has 1 aliphatic carbocycles. The molecule has 0 aliphatic heterocycles. The zero-order valence-electron chi connectivity index (χ0n) is 23.7. The van der Waals surface area contributed by atoms with Crippen LogP contribution in [-0.4, -0.2) is 43.7 Å². The number of fused-ring (bicyclic) bond motifs is 1. The Kier molecular flexibility index (Phi) is 10.2. The van der Waals surface area contributed by atoms with Crippen molar-refractivity contribution in [1.29, 1.82) is 0 Å². The first-order valence-electron chi connectivity index (χ1n) is 13.7. The van der Waals surface area contributed by atoms with Crippen molar-refractivity contribution >= 4 is 35.3 Å². The Bertz CT molecular complexity index is 1130. The number of aromatic nitrogens is 3. The predicted molar refractivity (Wildman–Crippen MR) is 150 cm³/mol. The van der Waals surface area contributed by atoms with Crippen LogP contribution in [0.25, 0.3) is 11.6 Å². The van der Waals surface area contributed by atoms with E-state index in [1.165, 1.54) is 0 Å². The monoisotopic (exact) mass is 546 g/mol. The summed E-state index contributed by atoms with van der Waals surface area (Å²) < 4.78 is 12.9. The van der Waals surface area contributed by atoms with Crippen LogP contribution in [0, 0.1) is 0 Å². The van der Waals surface area contributed by atoms with Gasteiger partial charge in [-0.15, -0.1) is 0 Å². The number of rotatable bonds is 9. The average Bonchev–Trinajstić information content (AvgIpc) is 3.24. The molecule has 0 saturated heterocycles. The Morgan fingerprint density at radius 3 is 2.50 bits per heavy atom. The molecule has 0 unspecified atom stereocenters. The van der Waals surface area contributed by atoms with E-state index in [9.17, 15) is 9.59 Å². The van der Waals surface area contributed by atoms with E-state index in [1.54, 1.807) is 12.4 Å². The highest BCUT2D eigenvalue weighted by Crippen LogP contribution is 2.34. The number of amides is 1. The Morgan fingerprint density at radius 2 is 1.79 bits per heavy atom. The van der Waals surface area contributed by atoms with Gasteiger partial charge in [-0.2, -0.15) is 0 Å². The van der Waals surface area contributed by atoms with Crippen LogP contribution in [0.4, 0.5) is 4.79 Å². The lowest BCUT2D eigenvalue weighted by Gasteiger charge is -2.30. The smallest absolute Gasteiger partial charge is 0.407 e. The maximum absolute atomic E-state index is 12.3. The normalized spacial score (nSPS) is 18.6. The fourth-order valence-electron chi connectivity index (χ4n) is 4.77. The fraction of sp³-hybridized carbons (Fsp3) is 0.655. The molecule has 1 saturated carbocycles. The van der Waals surface area contributed by atoms with Gasteiger partial charge in [-0.25, -0.2) is 14.8 Å². The van der Waals surface area contributed by atoms with E-state index in [0.717, 1.165) is 68.4 Å². The van der Waals surface area contributed by atoms with Crippen molar-refractivity contribution in [2.24, 2.45) is 0 Å². The van der Waals surface area contributed by atoms with Crippen LogP contribution in [0.1, 0.15) is 117 Å². The summed E-state index contributed by atoms with van der Waals surface area (Å²) in [6, 6.07) is 0.0351. The van der Waals surface area contributed by atoms with Gasteiger partial charge in [-0.1, -0.05) is 30.5 Å². The average molecular weight is 547 g/mol. The molecule has 2 heterocycles. The van der Waals surface area contributed by atoms with Crippen LogP contribution in [0.15, 0.2) is 18.5 Å². The van der Waals surface area contributed by atoms with Gasteiger partial charge >= 0.3 is 12.1 Å². The molecule has 3 rings (SSSR count). The number of carbonyl (C=O) groups excluding carboxylic acids is 2. The van der Waals surface area contributed by atoms with Crippen molar-refractivity contribution in [3.63, 3.8) is 0 Å². The van der Waals surface area contributed by atoms with Gasteiger partial charge in [-0.3, -0.25) is 9.20 Å². The minimum atomic E-state index is -0.527. The summed E-state index contributed by atoms with van der Waals surface area (Å²) in [5, 5.41) is 3.46. The van der Waals surface area contributed by atoms with Gasteiger partial charge in [0.05, 0.1) is 18.1 Å². The van der Waals surface area contributed by atoms with E-state index in [-0.39, 0.29) is 24.0 Å². The quantitative estimate of drug-likeness (QED) is 0.263. The molecule has 1 amide bonds. The van der Waals surface area contributed by atoms with Crippen LogP contribution < -0.4 is 5.32 Å². The number of carbonyl (C=O) groups is 2. The number of alkyl carbamates (subject to hydrolysis) is 1. The van der Waals surface area contributed by atoms with Crippen molar-refractivity contribution in [2.75, 3.05) is 0 Å². The van der Waals surface area contributed by atoms with E-state index in [1.807, 2.05) is 41.5 Å². The van der Waals surface area contributed by atoms with Gasteiger partial charge in [0.15, 0.2) is 5.15 Å². The molecule has 1 fully saturated rings. The highest BCUT2D eigenvalue weighted by Gasteiger charge is 2.29. The van der Waals surface area contributed by atoms with Crippen molar-refractivity contribution < 1.29 is 19.1 Å². The summed E-state index contributed by atoms with van der Waals surface area (Å²) >= 11 is 6.42. The number of hydrogen-bond acceptors (Lipinski definition) is 6. The van der Waals surface area contributed by atoms with Gasteiger partial charge in [0.25, 0.3) is 0 Å². The highest BCUT2D eigenvalue weighted by atomic mass is 35.5. The number of hydrogen-bond donors (Lipinski definition) is 1. The predicted octanol–water partition coefficient (Wildman–Crippen LogP) is 7.24. The van der Waals surface area contributed by atoms with E-state index < -0.39 is 11.2 Å². The first-order chi connectivity index (χ1) is 17.8. The number of nitrogens with one attached hydrogen (secondary N) is 1. The Hall–Kier alpha value is -2.61. The van der Waals surface area contributed by atoms with Crippen LogP contribution in [-0.2, 0) is 14.3 Å². The van der Waals surface area contributed by atoms with Crippen molar-refractivity contribution in [3.8, 4) is 0 Å². The second-order valence-corrected chi connectivity index (χ2v) is 12.5. The summed E-state index contributed by atoms with van der Waals surface area (Å²) in [4.78, 5) is 33.3. The molecule has 2 atom stereocenters. The number of imidazole rings is 1. The van der Waals surface area contributed by atoms with Crippen LogP contribution in [0.2, 0.25) is 5.15 Å². The fourth-order valence-corrected chi connectivity index (χ4v) is 4.95. The summed E-state index contributed by atoms with van der Waals surface area (Å²) in [5.74, 6) is 0.989. The summed E-state index contributed by atoms with van der Waals surface area (Å²) in [6.07, 6.45) is 15.2. The largest absolute Gasteiger partial charge is 0.460 e. The maximum atomic E-state index is 12.3. The standard InChI is InChI=1S/C29H43ClN4O4/c1-28(2,3)37-24(35)16-11-9-7-8-10-15-22-18-31-25(30)23-19-32-26(34(22)23)20-13-12-14-21(17-20)33-27(36)38-29(4,5)6/h10,15,18-21H,7-9,11-14,16-17H2,1-6H3,(H,33,36)/b15-10+/t20-,21-/m1/s1. The molecule has 2 aromatic heterocycles. The molecule has 8 nitrogen and oxygen atoms in total. The molecule has 0 aromatic carbocycles.